The van der Waals surface area contributed by atoms with Crippen molar-refractivity contribution in [1.82, 2.24) is 15.1 Å². The smallest absolute Gasteiger partial charge is 0.0961 e. The lowest BCUT2D eigenvalue weighted by molar-refractivity contribution is -0.248. The zero-order valence-corrected chi connectivity index (χ0v) is 21.3. The van der Waals surface area contributed by atoms with Gasteiger partial charge in [-0.3, -0.25) is 0 Å². The van der Waals surface area contributed by atoms with Crippen LogP contribution in [0.1, 0.15) is 51.0 Å². The Labute approximate surface area is 212 Å². The number of aliphatic hydroxyl groups excluding tert-OH is 2. The van der Waals surface area contributed by atoms with E-state index in [9.17, 15) is 10.2 Å². The van der Waals surface area contributed by atoms with Gasteiger partial charge in [-0.25, -0.2) is 0 Å². The number of allylic oxidation sites excluding steroid dienone is 3. The molecule has 2 saturated heterocycles. The first-order valence-electron chi connectivity index (χ1n) is 13.6. The minimum absolute atomic E-state index is 0.00576. The highest BCUT2D eigenvalue weighted by Gasteiger charge is 2.84. The number of hydrogen-bond acceptors (Lipinski definition) is 6. The molecule has 4 aliphatic carbocycles. The molecule has 6 nitrogen and oxygen atoms in total. The molecule has 4 fully saturated rings. The number of benzene rings is 1. The van der Waals surface area contributed by atoms with Gasteiger partial charge in [0.05, 0.1) is 35.1 Å². The van der Waals surface area contributed by atoms with Crippen molar-refractivity contribution in [2.24, 2.45) is 22.7 Å². The summed E-state index contributed by atoms with van der Waals surface area (Å²) < 4.78 is 7.44. The van der Waals surface area contributed by atoms with Crippen LogP contribution in [0, 0.1) is 22.7 Å². The van der Waals surface area contributed by atoms with Crippen molar-refractivity contribution < 1.29 is 14.9 Å². The molecule has 3 unspecified atom stereocenters. The highest BCUT2D eigenvalue weighted by atomic mass is 16.5. The molecule has 3 heterocycles. The fourth-order valence-electron chi connectivity index (χ4n) is 9.79. The maximum atomic E-state index is 11.5. The summed E-state index contributed by atoms with van der Waals surface area (Å²) in [5, 5.41) is 32.0. The van der Waals surface area contributed by atoms with Crippen LogP contribution in [0.5, 0.6) is 0 Å². The minimum atomic E-state index is -0.730. The standard InChI is InChI=1S/C30H35N3O3/c1-27-10-8-20-21-15-29(21)26(35)25(34)23(33(2)3)16-28(29)11-12-30(20,36-28)24(27)7-5-19(27)17-4-6-22-18(14-17)9-13-31-32-22/h4-6,8-9,13-14,21,23-26,34-35H,7,10-12,15-16H2,1-3H3/t21?,23-,24?,25+,26-,27+,28+,29?,30+/m0/s1. The molecule has 2 N–H and O–H groups in total. The first kappa shape index (κ1) is 21.9. The van der Waals surface area contributed by atoms with Gasteiger partial charge >= 0.3 is 0 Å². The predicted molar refractivity (Wildman–Crippen MR) is 137 cm³/mol. The Balaban J connectivity index is 1.21. The van der Waals surface area contributed by atoms with E-state index >= 15 is 0 Å². The largest absolute Gasteiger partial charge is 0.390 e. The second kappa shape index (κ2) is 6.65. The van der Waals surface area contributed by atoms with Crippen molar-refractivity contribution in [1.29, 1.82) is 0 Å². The lowest BCUT2D eigenvalue weighted by Gasteiger charge is -2.59. The van der Waals surface area contributed by atoms with E-state index in [1.54, 1.807) is 6.20 Å². The molecule has 6 aliphatic rings. The molecule has 36 heavy (non-hydrogen) atoms. The fourth-order valence-corrected chi connectivity index (χ4v) is 9.79. The van der Waals surface area contributed by atoms with Gasteiger partial charge in [-0.15, -0.1) is 0 Å². The lowest BCUT2D eigenvalue weighted by Crippen LogP contribution is -2.67. The number of aliphatic hydroxyl groups is 2. The van der Waals surface area contributed by atoms with Crippen LogP contribution in [-0.4, -0.2) is 68.9 Å². The van der Waals surface area contributed by atoms with E-state index in [0.717, 1.165) is 49.4 Å². The van der Waals surface area contributed by atoms with Gasteiger partial charge in [0, 0.05) is 28.2 Å². The van der Waals surface area contributed by atoms with Crippen LogP contribution in [-0.2, 0) is 4.74 Å². The molecule has 1 aromatic heterocycles. The third kappa shape index (κ3) is 2.30. The topological polar surface area (TPSA) is 78.7 Å². The highest BCUT2D eigenvalue weighted by molar-refractivity contribution is 5.85. The molecular weight excluding hydrogens is 450 g/mol. The summed E-state index contributed by atoms with van der Waals surface area (Å²) in [6, 6.07) is 8.52. The zero-order valence-electron chi connectivity index (χ0n) is 21.3. The van der Waals surface area contributed by atoms with Gasteiger partial charge in [-0.1, -0.05) is 25.1 Å². The average molecular weight is 486 g/mol. The molecule has 3 spiro atoms. The van der Waals surface area contributed by atoms with Crippen LogP contribution >= 0.6 is 0 Å². The van der Waals surface area contributed by atoms with Crippen LogP contribution < -0.4 is 0 Å². The van der Waals surface area contributed by atoms with Crippen LogP contribution in [0.2, 0.25) is 0 Å². The third-order valence-electron chi connectivity index (χ3n) is 11.5. The second-order valence-electron chi connectivity index (χ2n) is 12.9. The number of nitrogens with zero attached hydrogens (tertiary/aromatic N) is 3. The summed E-state index contributed by atoms with van der Waals surface area (Å²) in [4.78, 5) is 2.08. The Morgan fingerprint density at radius 3 is 2.78 bits per heavy atom. The van der Waals surface area contributed by atoms with Gasteiger partial charge in [-0.05, 0) is 93.4 Å². The number of rotatable bonds is 2. The summed E-state index contributed by atoms with van der Waals surface area (Å²) in [6.45, 7) is 2.44. The van der Waals surface area contributed by atoms with E-state index in [-0.39, 0.29) is 28.1 Å². The molecule has 1 aromatic carbocycles. The highest BCUT2D eigenvalue weighted by Crippen LogP contribution is 2.81. The Morgan fingerprint density at radius 2 is 1.94 bits per heavy atom. The molecule has 188 valence electrons. The van der Waals surface area contributed by atoms with Gasteiger partial charge in [-0.2, -0.15) is 10.2 Å². The molecule has 0 amide bonds. The predicted octanol–water partition coefficient (Wildman–Crippen LogP) is 3.73. The van der Waals surface area contributed by atoms with Gasteiger partial charge in [0.1, 0.15) is 0 Å². The van der Waals surface area contributed by atoms with E-state index in [1.807, 2.05) is 20.2 Å². The Hall–Kier alpha value is -2.12. The summed E-state index contributed by atoms with van der Waals surface area (Å²) >= 11 is 0. The number of likely N-dealkylation sites (N-methyl/N-ethyl adjacent to an activating group) is 1. The summed E-state index contributed by atoms with van der Waals surface area (Å²) in [6.07, 6.45) is 11.0. The summed E-state index contributed by atoms with van der Waals surface area (Å²) in [7, 11) is 4.02. The van der Waals surface area contributed by atoms with Crippen molar-refractivity contribution in [3.8, 4) is 0 Å². The molecule has 2 aromatic rings. The summed E-state index contributed by atoms with van der Waals surface area (Å²) in [5.74, 6) is 0.736. The van der Waals surface area contributed by atoms with Gasteiger partial charge < -0.3 is 19.8 Å². The Kier molecular flexibility index (Phi) is 4.05. The lowest BCUT2D eigenvalue weighted by atomic mass is 9.57. The fraction of sp³-hybridized carbons (Fsp3) is 0.600. The van der Waals surface area contributed by atoms with Gasteiger partial charge in [0.25, 0.3) is 0 Å². The van der Waals surface area contributed by atoms with Crippen molar-refractivity contribution in [2.45, 2.75) is 74.9 Å². The van der Waals surface area contributed by atoms with Crippen LogP contribution in [0.25, 0.3) is 16.5 Å². The molecule has 2 aliphatic heterocycles. The molecular formula is C30H35N3O3. The van der Waals surface area contributed by atoms with E-state index in [0.29, 0.717) is 11.8 Å². The molecule has 6 heteroatoms. The molecule has 0 radical (unpaired) electrons. The number of ether oxygens (including phenoxy) is 1. The van der Waals surface area contributed by atoms with Crippen molar-refractivity contribution in [3.63, 3.8) is 0 Å². The number of fused-ring (bicyclic) bond motifs is 3. The Bertz CT molecular complexity index is 1370. The normalized spacial score (nSPS) is 48.1. The SMILES string of the molecule is CN(C)[C@H]1C[C@@]23CC[C@@]4(O2)C(=CC[C@]2(C)C(c5ccc6nnccc6c5)=CCC24)C2CC23[C@@H](O)[C@@H]1O. The molecule has 8 rings (SSSR count). The first-order valence-corrected chi connectivity index (χ1v) is 13.6. The number of hydrogen-bond donors (Lipinski definition) is 2. The molecule has 2 bridgehead atoms. The van der Waals surface area contributed by atoms with E-state index in [2.05, 4.69) is 52.4 Å². The van der Waals surface area contributed by atoms with Crippen molar-refractivity contribution in [3.05, 3.63) is 53.8 Å². The van der Waals surface area contributed by atoms with Crippen molar-refractivity contribution >= 4 is 16.5 Å². The average Bonchev–Trinajstić information content (AvgIpc) is 3.40. The van der Waals surface area contributed by atoms with E-state index < -0.39 is 12.2 Å². The van der Waals surface area contributed by atoms with E-state index in [1.165, 1.54) is 16.7 Å². The Morgan fingerprint density at radius 1 is 1.08 bits per heavy atom. The summed E-state index contributed by atoms with van der Waals surface area (Å²) in [5.41, 5.74) is 4.18. The zero-order chi connectivity index (χ0) is 24.7. The van der Waals surface area contributed by atoms with Crippen molar-refractivity contribution in [2.75, 3.05) is 14.1 Å². The molecule has 2 saturated carbocycles. The minimum Gasteiger partial charge on any atom is -0.390 e. The third-order valence-corrected chi connectivity index (χ3v) is 11.5. The van der Waals surface area contributed by atoms with Crippen LogP contribution in [0.15, 0.2) is 48.2 Å². The van der Waals surface area contributed by atoms with Crippen LogP contribution in [0.4, 0.5) is 0 Å². The number of aromatic nitrogens is 2. The van der Waals surface area contributed by atoms with Crippen LogP contribution in [0.3, 0.4) is 0 Å². The van der Waals surface area contributed by atoms with E-state index in [4.69, 9.17) is 4.74 Å². The monoisotopic (exact) mass is 485 g/mol. The maximum Gasteiger partial charge on any atom is 0.0961 e. The second-order valence-corrected chi connectivity index (χ2v) is 12.9. The first-order chi connectivity index (χ1) is 17.3. The quantitative estimate of drug-likeness (QED) is 0.631. The van der Waals surface area contributed by atoms with Gasteiger partial charge in [0.2, 0.25) is 0 Å². The molecule has 9 atom stereocenters. The van der Waals surface area contributed by atoms with Gasteiger partial charge in [0.15, 0.2) is 0 Å². The maximum absolute atomic E-state index is 11.5.